The predicted octanol–water partition coefficient (Wildman–Crippen LogP) is -0.179. The third kappa shape index (κ3) is 19.8. The van der Waals surface area contributed by atoms with Crippen LogP contribution in [0.3, 0.4) is 0 Å². The average Bonchev–Trinajstić information content (AvgIpc) is 1.00. The molecule has 0 aliphatic rings. The Bertz CT molecular complexity index is 11.6. The van der Waals surface area contributed by atoms with E-state index < -0.39 is 0 Å². The van der Waals surface area contributed by atoms with E-state index in [0.29, 0.717) is 0 Å². The van der Waals surface area contributed by atoms with Gasteiger partial charge in [-0.2, -0.15) is 0 Å². The quantitative estimate of drug-likeness (QED) is 0.400. The van der Waals surface area contributed by atoms with E-state index >= 15 is 0 Å². The standard InChI is InChI=1S/Fe.K.HOP.Zn.H/c;;1-2;;/h;;2H;;. The maximum atomic E-state index is 8.06. The molecule has 0 aliphatic heterocycles. The minimum absolute atomic E-state index is 0. The summed E-state index contributed by atoms with van der Waals surface area (Å²) in [4.78, 5) is 0. The number of rotatable bonds is 0. The van der Waals surface area contributed by atoms with E-state index in [0.717, 1.165) is 0 Å². The van der Waals surface area contributed by atoms with Gasteiger partial charge in [-0.15, -0.1) is 0 Å². The monoisotopic (exact) mass is 208 g/mol. The zero-order chi connectivity index (χ0) is 2.00. The largest absolute Gasteiger partial charge is 0 e. The van der Waals surface area contributed by atoms with Gasteiger partial charge in [0.15, 0.2) is 0 Å². The molecular formula is H2FeKOPZn. The van der Waals surface area contributed by atoms with Crippen molar-refractivity contribution in [1.29, 1.82) is 0 Å². The Hall–Kier alpha value is 2.88. The first-order chi connectivity index (χ1) is 1.00. The van der Waals surface area contributed by atoms with Gasteiger partial charge in [-0.05, 0) is 0 Å². The molecule has 0 aromatic heterocycles. The molecule has 5 heteroatoms. The van der Waals surface area contributed by atoms with Gasteiger partial charge in [-0.1, -0.05) is 0 Å². The molecule has 24 valence electrons. The molecular weight excluding hydrogens is 207 g/mol. The summed E-state index contributed by atoms with van der Waals surface area (Å²) in [5.74, 6) is 0. The van der Waals surface area contributed by atoms with Gasteiger partial charge in [0, 0.05) is 36.5 Å². The van der Waals surface area contributed by atoms with E-state index in [-0.39, 0.29) is 87.9 Å². The van der Waals surface area contributed by atoms with E-state index in [9.17, 15) is 0 Å². The van der Waals surface area contributed by atoms with Crippen LogP contribution in [0.2, 0.25) is 0 Å². The van der Waals surface area contributed by atoms with Crippen LogP contribution in [-0.4, -0.2) is 51.4 Å². The van der Waals surface area contributed by atoms with Gasteiger partial charge >= 0.3 is 51.4 Å². The van der Waals surface area contributed by atoms with E-state index in [1.807, 2.05) is 0 Å². The summed E-state index contributed by atoms with van der Waals surface area (Å²) in [6.07, 6.45) is 0. The predicted molar refractivity (Wildman–Crippen MR) is 16.2 cm³/mol. The van der Waals surface area contributed by atoms with E-state index in [2.05, 4.69) is 0 Å². The van der Waals surface area contributed by atoms with Crippen LogP contribution in [0.15, 0.2) is 0 Å². The van der Waals surface area contributed by atoms with Crippen molar-refractivity contribution in [2.75, 3.05) is 0 Å². The molecule has 0 saturated heterocycles. The molecule has 0 saturated carbocycles. The first kappa shape index (κ1) is 24.8. The van der Waals surface area contributed by atoms with Gasteiger partial charge in [0.2, 0.25) is 0 Å². The number of hydrogen-bond donors (Lipinski definition) is 0. The van der Waals surface area contributed by atoms with Crippen molar-refractivity contribution in [3.63, 3.8) is 0 Å². The summed E-state index contributed by atoms with van der Waals surface area (Å²) >= 11 is 0. The fraction of sp³-hybridized carbons (Fsp3) is 0. The van der Waals surface area contributed by atoms with E-state index in [1.54, 1.807) is 9.12 Å². The van der Waals surface area contributed by atoms with E-state index in [1.165, 1.54) is 0 Å². The van der Waals surface area contributed by atoms with Crippen molar-refractivity contribution in [2.24, 2.45) is 0 Å². The Morgan fingerprint density at radius 3 is 1.20 bits per heavy atom. The van der Waals surface area contributed by atoms with Crippen LogP contribution in [0.1, 0.15) is 0 Å². The molecule has 0 fully saturated rings. The SMILES string of the molecule is O=P.[Fe].[KH].[Zn]. The molecule has 0 heterocycles. The molecule has 5 heavy (non-hydrogen) atoms. The summed E-state index contributed by atoms with van der Waals surface area (Å²) in [5, 5.41) is 0. The molecule has 1 nitrogen and oxygen atoms in total. The maximum Gasteiger partial charge on any atom is 0 e. The zero-order valence-corrected chi connectivity index (χ0v) is 7.04. The fourth-order valence-corrected chi connectivity index (χ4v) is 0. The van der Waals surface area contributed by atoms with Crippen molar-refractivity contribution < 1.29 is 41.1 Å². The molecule has 0 spiro atoms. The van der Waals surface area contributed by atoms with Crippen LogP contribution in [-0.2, 0) is 41.1 Å². The molecule has 0 aliphatic carbocycles. The second-order valence-electron chi connectivity index (χ2n) is 0. The summed E-state index contributed by atoms with van der Waals surface area (Å²) < 4.78 is 8.06. The van der Waals surface area contributed by atoms with Crippen molar-refractivity contribution in [1.82, 2.24) is 0 Å². The maximum absolute atomic E-state index is 8.06. The molecule has 0 N–H and O–H groups in total. The minimum atomic E-state index is 0. The molecule has 0 aromatic carbocycles. The summed E-state index contributed by atoms with van der Waals surface area (Å²) in [5.41, 5.74) is 0. The summed E-state index contributed by atoms with van der Waals surface area (Å²) in [7, 11) is 1.72. The van der Waals surface area contributed by atoms with Crippen molar-refractivity contribution in [3.05, 3.63) is 0 Å². The molecule has 0 atom stereocenters. The van der Waals surface area contributed by atoms with Crippen LogP contribution in [0.25, 0.3) is 0 Å². The van der Waals surface area contributed by atoms with Crippen LogP contribution in [0.4, 0.5) is 0 Å². The van der Waals surface area contributed by atoms with Crippen molar-refractivity contribution >= 4 is 60.5 Å². The van der Waals surface area contributed by atoms with Gasteiger partial charge in [-0.25, -0.2) is 0 Å². The Morgan fingerprint density at radius 1 is 1.20 bits per heavy atom. The smallest absolute Gasteiger partial charge is 0 e. The zero-order valence-electron chi connectivity index (χ0n) is 1.97. The Labute approximate surface area is 99.3 Å². The van der Waals surface area contributed by atoms with Crippen LogP contribution >= 0.6 is 9.12 Å². The first-order valence-corrected chi connectivity index (χ1v) is 0.612. The normalized spacial score (nSPS) is 0.800. The average molecular weight is 209 g/mol. The van der Waals surface area contributed by atoms with Gasteiger partial charge in [0.05, 0.1) is 0 Å². The molecule has 0 unspecified atom stereocenters. The molecule has 0 amide bonds. The van der Waals surface area contributed by atoms with Gasteiger partial charge in [0.1, 0.15) is 9.12 Å². The second-order valence-corrected chi connectivity index (χ2v) is 0. The molecule has 0 rings (SSSR count). The summed E-state index contributed by atoms with van der Waals surface area (Å²) in [6, 6.07) is 0. The third-order valence-electron chi connectivity index (χ3n) is 0. The number of hydrogen-bond acceptors (Lipinski definition) is 1. The van der Waals surface area contributed by atoms with Crippen LogP contribution < -0.4 is 0 Å². The Balaban J connectivity index is -0.00000000167. The van der Waals surface area contributed by atoms with Crippen LogP contribution in [0, 0.1) is 0 Å². The van der Waals surface area contributed by atoms with Crippen molar-refractivity contribution in [2.45, 2.75) is 0 Å². The first-order valence-electron chi connectivity index (χ1n) is 0.204. The van der Waals surface area contributed by atoms with Gasteiger partial charge < -0.3 is 0 Å². The minimum Gasteiger partial charge on any atom is 0 e. The van der Waals surface area contributed by atoms with E-state index in [4.69, 9.17) is 4.57 Å². The molecule has 0 bridgehead atoms. The Kier molecular flexibility index (Phi) is 142. The fourth-order valence-electron chi connectivity index (χ4n) is 0. The third-order valence-corrected chi connectivity index (χ3v) is 0. The van der Waals surface area contributed by atoms with Crippen molar-refractivity contribution in [3.8, 4) is 0 Å². The topological polar surface area (TPSA) is 17.1 Å². The van der Waals surface area contributed by atoms with Gasteiger partial charge in [-0.3, -0.25) is 4.57 Å². The molecule has 0 aromatic rings. The Morgan fingerprint density at radius 2 is 1.20 bits per heavy atom. The van der Waals surface area contributed by atoms with Gasteiger partial charge in [0.25, 0.3) is 0 Å². The van der Waals surface area contributed by atoms with Crippen LogP contribution in [0.5, 0.6) is 0 Å². The molecule has 0 radical (unpaired) electrons. The second kappa shape index (κ2) is 28.7. The summed E-state index contributed by atoms with van der Waals surface area (Å²) in [6.45, 7) is 0.